The quantitative estimate of drug-likeness (QED) is 0.298. The molecule has 1 saturated carbocycles. The van der Waals surface area contributed by atoms with Crippen molar-refractivity contribution in [3.8, 4) is 0 Å². The normalized spacial score (nSPS) is 23.5. The first-order valence-corrected chi connectivity index (χ1v) is 13.1. The van der Waals surface area contributed by atoms with Crippen LogP contribution in [-0.2, 0) is 9.47 Å². The van der Waals surface area contributed by atoms with Crippen molar-refractivity contribution in [3.63, 3.8) is 0 Å². The van der Waals surface area contributed by atoms with Gasteiger partial charge in [0, 0.05) is 24.2 Å². The number of amides is 1. The number of rotatable bonds is 13. The van der Waals surface area contributed by atoms with Crippen LogP contribution in [-0.4, -0.2) is 74.3 Å². The number of aliphatic hydroxyl groups excluding tert-OH is 2. The predicted molar refractivity (Wildman–Crippen MR) is 139 cm³/mol. The maximum absolute atomic E-state index is 12.7. The van der Waals surface area contributed by atoms with Gasteiger partial charge in [0.25, 0.3) is 5.91 Å². The lowest BCUT2D eigenvalue weighted by Gasteiger charge is -2.34. The molecular formula is C27H37N5O5. The minimum Gasteiger partial charge on any atom is -0.396 e. The third-order valence-electron chi connectivity index (χ3n) is 7.05. The van der Waals surface area contributed by atoms with Crippen molar-refractivity contribution in [3.05, 3.63) is 48.5 Å². The summed E-state index contributed by atoms with van der Waals surface area (Å²) in [7, 11) is 0. The van der Waals surface area contributed by atoms with E-state index in [1.807, 2.05) is 6.07 Å². The van der Waals surface area contributed by atoms with Crippen LogP contribution in [0.1, 0.15) is 62.4 Å². The fraction of sp³-hybridized carbons (Fsp3) is 0.556. The minimum absolute atomic E-state index is 0.177. The smallest absolute Gasteiger partial charge is 0.256 e. The fourth-order valence-electron chi connectivity index (χ4n) is 4.93. The van der Waals surface area contributed by atoms with E-state index in [1.165, 1.54) is 6.33 Å². The lowest BCUT2D eigenvalue weighted by atomic mass is 9.85. The SMILES string of the molecule is CCCCOC[C@@]1(CO)C[C@@H](n2cnc3c(NC(=O)c4ccccc4)ncnc32)[C@H](O)[C@@H]1OCCCC. The van der Waals surface area contributed by atoms with Crippen LogP contribution >= 0.6 is 0 Å². The standard InChI is InChI=1S/C27H37N5O5/c1-3-5-12-36-16-27(15-33)14-20(22(34)23(27)37-13-6-4-2)32-18-30-21-24(28-17-29-25(21)32)31-26(35)19-10-8-7-9-11-19/h7-11,17-18,20,22-23,33-34H,3-6,12-16H2,1-2H3,(H,28,29,31,35)/t20-,22+,23+,27+/m1/s1. The molecule has 0 aliphatic heterocycles. The molecule has 4 atom stereocenters. The summed E-state index contributed by atoms with van der Waals surface area (Å²) in [6.45, 7) is 5.36. The van der Waals surface area contributed by atoms with E-state index >= 15 is 0 Å². The molecule has 2 heterocycles. The van der Waals surface area contributed by atoms with E-state index in [9.17, 15) is 15.0 Å². The van der Waals surface area contributed by atoms with Gasteiger partial charge in [-0.2, -0.15) is 0 Å². The molecule has 1 amide bonds. The number of hydrogen-bond acceptors (Lipinski definition) is 8. The van der Waals surface area contributed by atoms with Crippen molar-refractivity contribution in [2.45, 2.75) is 64.2 Å². The van der Waals surface area contributed by atoms with E-state index in [4.69, 9.17) is 9.47 Å². The second-order valence-corrected chi connectivity index (χ2v) is 9.70. The zero-order valence-corrected chi connectivity index (χ0v) is 21.5. The fourth-order valence-corrected chi connectivity index (χ4v) is 4.93. The van der Waals surface area contributed by atoms with Crippen LogP contribution in [0.15, 0.2) is 43.0 Å². The summed E-state index contributed by atoms with van der Waals surface area (Å²) >= 11 is 0. The minimum atomic E-state index is -0.909. The average molecular weight is 512 g/mol. The summed E-state index contributed by atoms with van der Waals surface area (Å²) in [5.41, 5.74) is 0.640. The Hall–Kier alpha value is -2.92. The van der Waals surface area contributed by atoms with Gasteiger partial charge < -0.3 is 29.6 Å². The molecule has 3 N–H and O–H groups in total. The summed E-state index contributed by atoms with van der Waals surface area (Å²) in [6.07, 6.45) is 5.64. The van der Waals surface area contributed by atoms with Crippen LogP contribution in [0.5, 0.6) is 0 Å². The van der Waals surface area contributed by atoms with E-state index in [0.29, 0.717) is 36.4 Å². The van der Waals surface area contributed by atoms with Crippen molar-refractivity contribution in [1.82, 2.24) is 19.5 Å². The Balaban J connectivity index is 1.61. The maximum atomic E-state index is 12.7. The number of anilines is 1. The number of carbonyl (C=O) groups excluding carboxylic acids is 1. The summed E-state index contributed by atoms with van der Waals surface area (Å²) in [5, 5.41) is 24.8. The molecule has 3 aromatic rings. The third-order valence-corrected chi connectivity index (χ3v) is 7.05. The van der Waals surface area contributed by atoms with Crippen LogP contribution in [0.2, 0.25) is 0 Å². The van der Waals surface area contributed by atoms with Gasteiger partial charge in [-0.1, -0.05) is 44.9 Å². The molecule has 1 aliphatic rings. The molecule has 2 aromatic heterocycles. The number of fused-ring (bicyclic) bond motifs is 1. The molecule has 1 fully saturated rings. The Morgan fingerprint density at radius 3 is 2.62 bits per heavy atom. The molecule has 1 aliphatic carbocycles. The average Bonchev–Trinajstić information content (AvgIpc) is 3.47. The Morgan fingerprint density at radius 2 is 1.89 bits per heavy atom. The van der Waals surface area contributed by atoms with E-state index in [0.717, 1.165) is 25.7 Å². The van der Waals surface area contributed by atoms with Crippen molar-refractivity contribution in [2.75, 3.05) is 31.7 Å². The summed E-state index contributed by atoms with van der Waals surface area (Å²) in [4.78, 5) is 25.8. The first kappa shape index (κ1) is 27.1. The molecule has 1 aromatic carbocycles. The van der Waals surface area contributed by atoms with Gasteiger partial charge in [-0.05, 0) is 31.4 Å². The Bertz CT molecular complexity index is 1160. The number of aromatic nitrogens is 4. The molecule has 0 unspecified atom stereocenters. The van der Waals surface area contributed by atoms with Gasteiger partial charge in [0.1, 0.15) is 12.4 Å². The molecule has 10 heteroatoms. The van der Waals surface area contributed by atoms with Crippen molar-refractivity contribution in [2.24, 2.45) is 5.41 Å². The third kappa shape index (κ3) is 5.82. The summed E-state index contributed by atoms with van der Waals surface area (Å²) < 4.78 is 13.9. The van der Waals surface area contributed by atoms with E-state index in [1.54, 1.807) is 35.2 Å². The molecule has 0 spiro atoms. The number of nitrogens with one attached hydrogen (secondary N) is 1. The monoisotopic (exact) mass is 511 g/mol. The molecule has 0 radical (unpaired) electrons. The van der Waals surface area contributed by atoms with Crippen molar-refractivity contribution in [1.29, 1.82) is 0 Å². The Labute approximate surface area is 217 Å². The van der Waals surface area contributed by atoms with Gasteiger partial charge >= 0.3 is 0 Å². The Kier molecular flexibility index (Phi) is 9.20. The van der Waals surface area contributed by atoms with Gasteiger partial charge in [-0.3, -0.25) is 4.79 Å². The number of carbonyl (C=O) groups is 1. The number of unbranched alkanes of at least 4 members (excludes halogenated alkanes) is 2. The first-order valence-electron chi connectivity index (χ1n) is 13.1. The number of aliphatic hydroxyl groups is 2. The van der Waals surface area contributed by atoms with Crippen LogP contribution in [0.4, 0.5) is 5.82 Å². The van der Waals surface area contributed by atoms with E-state index in [-0.39, 0.29) is 24.9 Å². The lowest BCUT2D eigenvalue weighted by Crippen LogP contribution is -2.44. The number of benzene rings is 1. The summed E-state index contributed by atoms with van der Waals surface area (Å²) in [5.74, 6) is -0.0129. The molecule has 0 bridgehead atoms. The van der Waals surface area contributed by atoms with Gasteiger partial charge in [0.15, 0.2) is 17.0 Å². The van der Waals surface area contributed by atoms with Crippen LogP contribution in [0, 0.1) is 5.41 Å². The highest BCUT2D eigenvalue weighted by molar-refractivity contribution is 6.06. The lowest BCUT2D eigenvalue weighted by molar-refractivity contribution is -0.119. The number of imidazole rings is 1. The number of nitrogens with zero attached hydrogens (tertiary/aromatic N) is 4. The predicted octanol–water partition coefficient (Wildman–Crippen LogP) is 3.37. The highest BCUT2D eigenvalue weighted by atomic mass is 16.5. The van der Waals surface area contributed by atoms with Crippen molar-refractivity contribution < 1.29 is 24.5 Å². The first-order chi connectivity index (χ1) is 18.0. The maximum Gasteiger partial charge on any atom is 0.256 e. The molecule has 4 rings (SSSR count). The van der Waals surface area contributed by atoms with Gasteiger partial charge in [0.05, 0.1) is 31.7 Å². The van der Waals surface area contributed by atoms with E-state index < -0.39 is 23.7 Å². The highest BCUT2D eigenvalue weighted by Gasteiger charge is 2.55. The van der Waals surface area contributed by atoms with Gasteiger partial charge in [0.2, 0.25) is 0 Å². The number of ether oxygens (including phenoxy) is 2. The molecular weight excluding hydrogens is 474 g/mol. The number of hydrogen-bond donors (Lipinski definition) is 3. The van der Waals surface area contributed by atoms with E-state index in [2.05, 4.69) is 34.1 Å². The van der Waals surface area contributed by atoms with Crippen LogP contribution < -0.4 is 5.32 Å². The molecule has 10 nitrogen and oxygen atoms in total. The largest absolute Gasteiger partial charge is 0.396 e. The molecule has 200 valence electrons. The topological polar surface area (TPSA) is 132 Å². The molecule has 37 heavy (non-hydrogen) atoms. The second kappa shape index (κ2) is 12.6. The summed E-state index contributed by atoms with van der Waals surface area (Å²) in [6, 6.07) is 8.41. The highest BCUT2D eigenvalue weighted by Crippen LogP contribution is 2.47. The van der Waals surface area contributed by atoms with Gasteiger partial charge in [-0.25, -0.2) is 15.0 Å². The Morgan fingerprint density at radius 1 is 1.14 bits per heavy atom. The second-order valence-electron chi connectivity index (χ2n) is 9.70. The zero-order valence-electron chi connectivity index (χ0n) is 21.5. The molecule has 0 saturated heterocycles. The zero-order chi connectivity index (χ0) is 26.3. The van der Waals surface area contributed by atoms with Crippen LogP contribution in [0.3, 0.4) is 0 Å². The van der Waals surface area contributed by atoms with Gasteiger partial charge in [-0.15, -0.1) is 0 Å². The van der Waals surface area contributed by atoms with Crippen LogP contribution in [0.25, 0.3) is 11.2 Å². The van der Waals surface area contributed by atoms with Crippen molar-refractivity contribution >= 4 is 22.9 Å².